The maximum absolute atomic E-state index is 13.2. The molecule has 6 nitrogen and oxygen atoms in total. The summed E-state index contributed by atoms with van der Waals surface area (Å²) < 4.78 is 26.5. The van der Waals surface area contributed by atoms with Crippen LogP contribution in [0, 0.1) is 0 Å². The number of piperazine rings is 1. The molecule has 2 N–H and O–H groups in total. The van der Waals surface area contributed by atoms with Crippen LogP contribution in [0.2, 0.25) is 0 Å². The lowest BCUT2D eigenvalue weighted by molar-refractivity contribution is 0.151. The van der Waals surface area contributed by atoms with Gasteiger partial charge in [0.15, 0.2) is 0 Å². The molecule has 1 aromatic heterocycles. The van der Waals surface area contributed by atoms with Gasteiger partial charge in [-0.1, -0.05) is 25.5 Å². The summed E-state index contributed by atoms with van der Waals surface area (Å²) in [5.74, 6) is 0.668. The van der Waals surface area contributed by atoms with Gasteiger partial charge in [0, 0.05) is 32.4 Å². The van der Waals surface area contributed by atoms with Crippen molar-refractivity contribution in [3.63, 3.8) is 0 Å². The van der Waals surface area contributed by atoms with E-state index in [2.05, 4.69) is 22.4 Å². The Kier molecular flexibility index (Phi) is 7.35. The molecule has 0 aliphatic carbocycles. The fraction of sp³-hybridized carbons (Fsp3) is 0.429. The zero-order chi connectivity index (χ0) is 20.6. The number of hydrogen-bond acceptors (Lipinski definition) is 4. The number of aliphatic imine (C=N–C) groups is 1. The predicted octanol–water partition coefficient (Wildman–Crippen LogP) is 4.15. The van der Waals surface area contributed by atoms with Crippen molar-refractivity contribution in [1.82, 2.24) is 15.4 Å². The van der Waals surface area contributed by atoms with Crippen molar-refractivity contribution in [2.24, 2.45) is 4.99 Å². The van der Waals surface area contributed by atoms with Crippen LogP contribution in [0.4, 0.5) is 20.3 Å². The van der Waals surface area contributed by atoms with Crippen molar-refractivity contribution in [3.8, 4) is 0 Å². The van der Waals surface area contributed by atoms with Crippen molar-refractivity contribution in [1.29, 1.82) is 0 Å². The summed E-state index contributed by atoms with van der Waals surface area (Å²) in [6.07, 6.45) is 2.32. The summed E-state index contributed by atoms with van der Waals surface area (Å²) >= 11 is 0. The number of aryl methyl sites for hydroxylation is 1. The molecule has 1 aliphatic heterocycles. The number of rotatable bonds is 6. The topological polar surface area (TPSA) is 64.0 Å². The maximum Gasteiger partial charge on any atom is 0.267 e. The van der Waals surface area contributed by atoms with Crippen molar-refractivity contribution >= 4 is 17.5 Å². The first-order chi connectivity index (χ1) is 14.1. The molecule has 3 rings (SSSR count). The molecule has 2 heterocycles. The van der Waals surface area contributed by atoms with Crippen molar-refractivity contribution < 1.29 is 14.0 Å². The quantitative estimate of drug-likeness (QED) is 0.431. The Morgan fingerprint density at radius 3 is 2.52 bits per heavy atom. The van der Waals surface area contributed by atoms with Gasteiger partial charge < -0.3 is 9.80 Å². The maximum atomic E-state index is 13.2. The Bertz CT molecular complexity index is 805. The second kappa shape index (κ2) is 10.2. The van der Waals surface area contributed by atoms with Gasteiger partial charge in [-0.25, -0.2) is 24.2 Å². The molecule has 1 aliphatic rings. The molecular formula is C21H27F2N5O. The third-order valence-corrected chi connectivity index (χ3v) is 5.02. The van der Waals surface area contributed by atoms with Crippen LogP contribution in [0.1, 0.15) is 37.3 Å². The van der Waals surface area contributed by atoms with E-state index in [0.29, 0.717) is 38.0 Å². The van der Waals surface area contributed by atoms with E-state index in [4.69, 9.17) is 0 Å². The van der Waals surface area contributed by atoms with Gasteiger partial charge in [-0.3, -0.25) is 5.21 Å². The Morgan fingerprint density at radius 1 is 1.17 bits per heavy atom. The van der Waals surface area contributed by atoms with Crippen LogP contribution in [0.3, 0.4) is 0 Å². The molecule has 0 bridgehead atoms. The molecule has 156 valence electrons. The number of pyridine rings is 1. The second-order valence-electron chi connectivity index (χ2n) is 7.01. The van der Waals surface area contributed by atoms with Crippen LogP contribution >= 0.6 is 0 Å². The number of aromatic nitrogens is 1. The molecule has 0 atom stereocenters. The van der Waals surface area contributed by atoms with E-state index >= 15 is 0 Å². The first kappa shape index (κ1) is 21.0. The molecule has 0 spiro atoms. The summed E-state index contributed by atoms with van der Waals surface area (Å²) in [4.78, 5) is 12.4. The van der Waals surface area contributed by atoms with Crippen LogP contribution in [-0.2, 0) is 6.42 Å². The molecule has 1 saturated heterocycles. The number of nitrogens with zero attached hydrogens (tertiary/aromatic N) is 4. The van der Waals surface area contributed by atoms with Gasteiger partial charge in [0.05, 0.1) is 11.3 Å². The highest BCUT2D eigenvalue weighted by molar-refractivity contribution is 5.82. The second-order valence-corrected chi connectivity index (χ2v) is 7.01. The number of anilines is 1. The summed E-state index contributed by atoms with van der Waals surface area (Å²) in [5, 5.41) is 9.56. The van der Waals surface area contributed by atoms with E-state index in [1.807, 2.05) is 34.1 Å². The Hall–Kier alpha value is -2.74. The van der Waals surface area contributed by atoms with E-state index in [1.165, 1.54) is 23.9 Å². The molecule has 0 amide bonds. The SMILES string of the molecule is CCCCc1ccc(N=C(NO)N2CCN(c3ncccc3C(F)F)CC2)cc1. The van der Waals surface area contributed by atoms with Crippen LogP contribution in [-0.4, -0.2) is 47.2 Å². The number of halogens is 2. The zero-order valence-corrected chi connectivity index (χ0v) is 16.6. The minimum atomic E-state index is -2.56. The molecule has 29 heavy (non-hydrogen) atoms. The monoisotopic (exact) mass is 403 g/mol. The highest BCUT2D eigenvalue weighted by atomic mass is 19.3. The number of unbranched alkanes of at least 4 members (excludes halogenated alkanes) is 1. The van der Waals surface area contributed by atoms with Gasteiger partial charge in [0.2, 0.25) is 5.96 Å². The van der Waals surface area contributed by atoms with Gasteiger partial charge in [-0.15, -0.1) is 0 Å². The van der Waals surface area contributed by atoms with Crippen LogP contribution in [0.15, 0.2) is 47.6 Å². The van der Waals surface area contributed by atoms with Gasteiger partial charge in [0.25, 0.3) is 6.43 Å². The molecule has 0 unspecified atom stereocenters. The van der Waals surface area contributed by atoms with Crippen LogP contribution < -0.4 is 10.4 Å². The lowest BCUT2D eigenvalue weighted by Gasteiger charge is -2.37. The molecule has 0 saturated carbocycles. The number of alkyl halides is 2. The van der Waals surface area contributed by atoms with E-state index in [9.17, 15) is 14.0 Å². The minimum absolute atomic E-state index is 0.0571. The smallest absolute Gasteiger partial charge is 0.267 e. The normalized spacial score (nSPS) is 15.1. The number of nitrogens with one attached hydrogen (secondary N) is 1. The summed E-state index contributed by atoms with van der Waals surface area (Å²) in [6.45, 7) is 4.24. The highest BCUT2D eigenvalue weighted by Gasteiger charge is 2.24. The molecule has 8 heteroatoms. The lowest BCUT2D eigenvalue weighted by atomic mass is 10.1. The predicted molar refractivity (Wildman–Crippen MR) is 110 cm³/mol. The van der Waals surface area contributed by atoms with E-state index in [1.54, 1.807) is 0 Å². The Morgan fingerprint density at radius 2 is 1.90 bits per heavy atom. The number of hydroxylamine groups is 1. The average Bonchev–Trinajstić information content (AvgIpc) is 2.77. The fourth-order valence-corrected chi connectivity index (χ4v) is 3.38. The standard InChI is InChI=1S/C21H27F2N5O/c1-2-3-5-16-7-9-17(10-8-16)25-21(26-29)28-14-12-27(13-15-28)20-18(19(22)23)6-4-11-24-20/h4,6-11,19,29H,2-3,5,12-15H2,1H3,(H,25,26). The first-order valence-corrected chi connectivity index (χ1v) is 9.93. The van der Waals surface area contributed by atoms with Gasteiger partial charge in [-0.05, 0) is 42.7 Å². The van der Waals surface area contributed by atoms with Gasteiger partial charge in [0.1, 0.15) is 5.82 Å². The van der Waals surface area contributed by atoms with Gasteiger partial charge in [-0.2, -0.15) is 0 Å². The molecule has 2 aromatic rings. The van der Waals surface area contributed by atoms with E-state index in [-0.39, 0.29) is 5.56 Å². The number of guanidine groups is 1. The zero-order valence-electron chi connectivity index (χ0n) is 16.6. The van der Waals surface area contributed by atoms with Crippen molar-refractivity contribution in [3.05, 3.63) is 53.7 Å². The Balaban J connectivity index is 1.65. The Labute approximate surface area is 169 Å². The van der Waals surface area contributed by atoms with E-state index in [0.717, 1.165) is 24.9 Å². The summed E-state index contributed by atoms with van der Waals surface area (Å²) in [7, 11) is 0. The van der Waals surface area contributed by atoms with Crippen molar-refractivity contribution in [2.45, 2.75) is 32.6 Å². The number of hydrogen-bond donors (Lipinski definition) is 2. The number of benzene rings is 1. The lowest BCUT2D eigenvalue weighted by Crippen LogP contribution is -2.52. The molecular weight excluding hydrogens is 376 g/mol. The average molecular weight is 403 g/mol. The largest absolute Gasteiger partial charge is 0.353 e. The molecule has 0 radical (unpaired) electrons. The third kappa shape index (κ3) is 5.41. The fourth-order valence-electron chi connectivity index (χ4n) is 3.38. The highest BCUT2D eigenvalue weighted by Crippen LogP contribution is 2.28. The molecule has 1 fully saturated rings. The first-order valence-electron chi connectivity index (χ1n) is 9.93. The van der Waals surface area contributed by atoms with E-state index < -0.39 is 6.43 Å². The summed E-state index contributed by atoms with van der Waals surface area (Å²) in [6, 6.07) is 10.9. The van der Waals surface area contributed by atoms with Crippen LogP contribution in [0.5, 0.6) is 0 Å². The summed E-state index contributed by atoms with van der Waals surface area (Å²) in [5.41, 5.74) is 4.13. The van der Waals surface area contributed by atoms with Gasteiger partial charge >= 0.3 is 0 Å². The molecule has 1 aromatic carbocycles. The van der Waals surface area contributed by atoms with Crippen molar-refractivity contribution in [2.75, 3.05) is 31.1 Å². The third-order valence-electron chi connectivity index (χ3n) is 5.02. The minimum Gasteiger partial charge on any atom is -0.353 e. The van der Waals surface area contributed by atoms with Crippen LogP contribution in [0.25, 0.3) is 0 Å².